The van der Waals surface area contributed by atoms with Crippen molar-refractivity contribution < 1.29 is 18.7 Å². The minimum Gasteiger partial charge on any atom is -0.497 e. The highest BCUT2D eigenvalue weighted by atomic mass is 19.1. The highest BCUT2D eigenvalue weighted by Gasteiger charge is 2.07. The number of carbonyl (C=O) groups is 2. The number of methoxy groups -OCH3 is 1. The van der Waals surface area contributed by atoms with E-state index in [1.165, 1.54) is 18.2 Å². The van der Waals surface area contributed by atoms with Crippen molar-refractivity contribution in [3.8, 4) is 5.75 Å². The van der Waals surface area contributed by atoms with Gasteiger partial charge in [-0.1, -0.05) is 12.1 Å². The summed E-state index contributed by atoms with van der Waals surface area (Å²) in [6, 6.07) is 19.4. The SMILES string of the molecule is COc1ccc(NC(=O)c2ccc(NC(=O)/C=C/c3ccc(F)cc3)cc2)cc1. The summed E-state index contributed by atoms with van der Waals surface area (Å²) < 4.78 is 18.0. The summed E-state index contributed by atoms with van der Waals surface area (Å²) in [5, 5.41) is 5.50. The summed E-state index contributed by atoms with van der Waals surface area (Å²) in [7, 11) is 1.58. The van der Waals surface area contributed by atoms with Crippen molar-refractivity contribution in [2.45, 2.75) is 0 Å². The van der Waals surface area contributed by atoms with Gasteiger partial charge in [-0.15, -0.1) is 0 Å². The number of hydrogen-bond acceptors (Lipinski definition) is 3. The second-order valence-corrected chi connectivity index (χ2v) is 6.13. The predicted molar refractivity (Wildman–Crippen MR) is 111 cm³/mol. The average Bonchev–Trinajstić information content (AvgIpc) is 2.74. The van der Waals surface area contributed by atoms with E-state index in [1.807, 2.05) is 0 Å². The summed E-state index contributed by atoms with van der Waals surface area (Å²) in [5.74, 6) is -0.215. The van der Waals surface area contributed by atoms with Gasteiger partial charge in [0.1, 0.15) is 11.6 Å². The van der Waals surface area contributed by atoms with Crippen molar-refractivity contribution >= 4 is 29.3 Å². The molecule has 0 bridgehead atoms. The molecular formula is C23H19FN2O3. The first-order valence-corrected chi connectivity index (χ1v) is 8.83. The number of rotatable bonds is 6. The van der Waals surface area contributed by atoms with Crippen LogP contribution in [0.15, 0.2) is 78.9 Å². The number of carbonyl (C=O) groups excluding carboxylic acids is 2. The van der Waals surface area contributed by atoms with E-state index in [4.69, 9.17) is 4.74 Å². The van der Waals surface area contributed by atoms with Gasteiger partial charge in [0, 0.05) is 23.0 Å². The van der Waals surface area contributed by atoms with Crippen LogP contribution in [0.5, 0.6) is 5.75 Å². The van der Waals surface area contributed by atoms with E-state index in [9.17, 15) is 14.0 Å². The van der Waals surface area contributed by atoms with E-state index in [0.717, 1.165) is 0 Å². The Bertz CT molecular complexity index is 1010. The summed E-state index contributed by atoms with van der Waals surface area (Å²) in [5.41, 5.74) is 2.38. The van der Waals surface area contributed by atoms with Crippen LogP contribution in [0.3, 0.4) is 0 Å². The molecular weight excluding hydrogens is 371 g/mol. The monoisotopic (exact) mass is 390 g/mol. The molecule has 0 saturated carbocycles. The zero-order valence-corrected chi connectivity index (χ0v) is 15.7. The van der Waals surface area contributed by atoms with Crippen LogP contribution >= 0.6 is 0 Å². The molecule has 0 saturated heterocycles. The number of anilines is 2. The van der Waals surface area contributed by atoms with Gasteiger partial charge >= 0.3 is 0 Å². The summed E-state index contributed by atoms with van der Waals surface area (Å²) in [4.78, 5) is 24.3. The minimum absolute atomic E-state index is 0.260. The molecule has 0 unspecified atom stereocenters. The topological polar surface area (TPSA) is 67.4 Å². The molecule has 5 nitrogen and oxygen atoms in total. The minimum atomic E-state index is -0.331. The molecule has 2 amide bonds. The van der Waals surface area contributed by atoms with Gasteiger partial charge in [-0.05, 0) is 72.3 Å². The Balaban J connectivity index is 1.56. The highest BCUT2D eigenvalue weighted by Crippen LogP contribution is 2.17. The molecule has 3 rings (SSSR count). The van der Waals surface area contributed by atoms with Crippen molar-refractivity contribution in [3.63, 3.8) is 0 Å². The van der Waals surface area contributed by atoms with Crippen LogP contribution in [0, 0.1) is 5.82 Å². The number of nitrogens with one attached hydrogen (secondary N) is 2. The van der Waals surface area contributed by atoms with E-state index < -0.39 is 0 Å². The fourth-order valence-electron chi connectivity index (χ4n) is 2.51. The van der Waals surface area contributed by atoms with E-state index in [-0.39, 0.29) is 17.6 Å². The van der Waals surface area contributed by atoms with Gasteiger partial charge in [-0.25, -0.2) is 4.39 Å². The lowest BCUT2D eigenvalue weighted by Crippen LogP contribution is -2.12. The Kier molecular flexibility index (Phi) is 6.37. The van der Waals surface area contributed by atoms with E-state index in [2.05, 4.69) is 10.6 Å². The smallest absolute Gasteiger partial charge is 0.255 e. The van der Waals surface area contributed by atoms with Gasteiger partial charge in [0.2, 0.25) is 5.91 Å². The van der Waals surface area contributed by atoms with Crippen LogP contribution in [-0.2, 0) is 4.79 Å². The Morgan fingerprint density at radius 1 is 0.828 bits per heavy atom. The van der Waals surface area contributed by atoms with Crippen LogP contribution in [-0.4, -0.2) is 18.9 Å². The van der Waals surface area contributed by atoms with Gasteiger partial charge in [0.15, 0.2) is 0 Å². The van der Waals surface area contributed by atoms with Crippen LogP contribution < -0.4 is 15.4 Å². The third kappa shape index (κ3) is 5.77. The predicted octanol–water partition coefficient (Wildman–Crippen LogP) is 4.74. The van der Waals surface area contributed by atoms with Gasteiger partial charge in [0.25, 0.3) is 5.91 Å². The molecule has 0 fully saturated rings. The largest absolute Gasteiger partial charge is 0.497 e. The van der Waals surface area contributed by atoms with E-state index in [0.29, 0.717) is 28.3 Å². The third-order valence-electron chi connectivity index (χ3n) is 4.06. The number of ether oxygens (including phenoxy) is 1. The van der Waals surface area contributed by atoms with E-state index >= 15 is 0 Å². The number of halogens is 1. The first-order valence-electron chi connectivity index (χ1n) is 8.83. The lowest BCUT2D eigenvalue weighted by molar-refractivity contribution is -0.111. The molecule has 3 aromatic carbocycles. The molecule has 3 aromatic rings. The molecule has 146 valence electrons. The van der Waals surface area contributed by atoms with Crippen molar-refractivity contribution in [1.82, 2.24) is 0 Å². The quantitative estimate of drug-likeness (QED) is 0.598. The highest BCUT2D eigenvalue weighted by molar-refractivity contribution is 6.05. The number of benzene rings is 3. The molecule has 0 spiro atoms. The second kappa shape index (κ2) is 9.32. The van der Waals surface area contributed by atoms with Gasteiger partial charge in [0.05, 0.1) is 7.11 Å². The first kappa shape index (κ1) is 19.8. The molecule has 0 aliphatic rings. The van der Waals surface area contributed by atoms with Crippen LogP contribution in [0.2, 0.25) is 0 Å². The zero-order valence-electron chi connectivity index (χ0n) is 15.7. The van der Waals surface area contributed by atoms with E-state index in [1.54, 1.807) is 73.8 Å². The van der Waals surface area contributed by atoms with Crippen LogP contribution in [0.4, 0.5) is 15.8 Å². The normalized spacial score (nSPS) is 10.6. The summed E-state index contributed by atoms with van der Waals surface area (Å²) >= 11 is 0. The number of amides is 2. The molecule has 0 radical (unpaired) electrons. The molecule has 29 heavy (non-hydrogen) atoms. The zero-order chi connectivity index (χ0) is 20.6. The summed E-state index contributed by atoms with van der Waals surface area (Å²) in [6.07, 6.45) is 2.95. The van der Waals surface area contributed by atoms with Crippen molar-refractivity contribution in [2.75, 3.05) is 17.7 Å². The first-order chi connectivity index (χ1) is 14.0. The molecule has 2 N–H and O–H groups in total. The Morgan fingerprint density at radius 3 is 2.03 bits per heavy atom. The molecule has 0 atom stereocenters. The van der Waals surface area contributed by atoms with Crippen molar-refractivity contribution in [3.05, 3.63) is 95.8 Å². The fraction of sp³-hybridized carbons (Fsp3) is 0.0435. The maximum Gasteiger partial charge on any atom is 0.255 e. The lowest BCUT2D eigenvalue weighted by Gasteiger charge is -2.07. The molecule has 0 heterocycles. The van der Waals surface area contributed by atoms with Gasteiger partial charge in [-0.3, -0.25) is 9.59 Å². The van der Waals surface area contributed by atoms with Crippen LogP contribution in [0.25, 0.3) is 6.08 Å². The van der Waals surface area contributed by atoms with Gasteiger partial charge in [-0.2, -0.15) is 0 Å². The van der Waals surface area contributed by atoms with Crippen molar-refractivity contribution in [2.24, 2.45) is 0 Å². The summed E-state index contributed by atoms with van der Waals surface area (Å²) in [6.45, 7) is 0. The van der Waals surface area contributed by atoms with Gasteiger partial charge < -0.3 is 15.4 Å². The molecule has 6 heteroatoms. The third-order valence-corrected chi connectivity index (χ3v) is 4.06. The Labute approximate surface area is 167 Å². The average molecular weight is 390 g/mol. The molecule has 0 aromatic heterocycles. The second-order valence-electron chi connectivity index (χ2n) is 6.13. The Hall–Kier alpha value is -3.93. The van der Waals surface area contributed by atoms with Crippen LogP contribution in [0.1, 0.15) is 15.9 Å². The standard InChI is InChI=1S/C23H19FN2O3/c1-29-21-13-11-20(12-14-21)26-23(28)17-5-9-19(10-6-17)25-22(27)15-4-16-2-7-18(24)8-3-16/h2-15H,1H3,(H,25,27)(H,26,28)/b15-4+. The Morgan fingerprint density at radius 2 is 1.41 bits per heavy atom. The maximum absolute atomic E-state index is 12.9. The van der Waals surface area contributed by atoms with Crippen molar-refractivity contribution in [1.29, 1.82) is 0 Å². The fourth-order valence-corrected chi connectivity index (χ4v) is 2.51. The molecule has 0 aliphatic carbocycles. The maximum atomic E-state index is 12.9. The molecule has 0 aliphatic heterocycles. The number of hydrogen-bond donors (Lipinski definition) is 2. The lowest BCUT2D eigenvalue weighted by atomic mass is 10.2.